The lowest BCUT2D eigenvalue weighted by atomic mass is 10.0. The number of aromatic nitrogens is 1. The van der Waals surface area contributed by atoms with E-state index in [-0.39, 0.29) is 5.91 Å². The van der Waals surface area contributed by atoms with Gasteiger partial charge in [-0.15, -0.1) is 11.3 Å². The van der Waals surface area contributed by atoms with E-state index in [1.54, 1.807) is 35.7 Å². The van der Waals surface area contributed by atoms with Crippen LogP contribution in [0.3, 0.4) is 0 Å². The number of benzene rings is 1. The number of amides is 1. The molecule has 7 heteroatoms. The van der Waals surface area contributed by atoms with Crippen molar-refractivity contribution in [3.63, 3.8) is 0 Å². The first-order chi connectivity index (χ1) is 12.1. The summed E-state index contributed by atoms with van der Waals surface area (Å²) in [4.78, 5) is 17.4. The Morgan fingerprint density at radius 1 is 1.16 bits per heavy atom. The maximum absolute atomic E-state index is 12.6. The van der Waals surface area contributed by atoms with Crippen LogP contribution in [0.2, 0.25) is 10.0 Å². The van der Waals surface area contributed by atoms with Crippen LogP contribution in [0.25, 0.3) is 0 Å². The minimum atomic E-state index is -0.463. The molecule has 0 saturated heterocycles. The molecular formula is C18H11Cl2N3OS. The van der Waals surface area contributed by atoms with Crippen LogP contribution in [0.15, 0.2) is 54.0 Å². The molecule has 0 fully saturated rings. The van der Waals surface area contributed by atoms with Crippen molar-refractivity contribution in [1.29, 1.82) is 5.26 Å². The molecule has 1 atom stereocenters. The van der Waals surface area contributed by atoms with E-state index in [0.717, 1.165) is 5.56 Å². The lowest BCUT2D eigenvalue weighted by molar-refractivity contribution is 0.0946. The number of nitriles is 1. The van der Waals surface area contributed by atoms with Crippen molar-refractivity contribution in [3.05, 3.63) is 85.8 Å². The summed E-state index contributed by atoms with van der Waals surface area (Å²) in [6.07, 6.45) is 1.53. The van der Waals surface area contributed by atoms with Gasteiger partial charge in [-0.1, -0.05) is 35.3 Å². The van der Waals surface area contributed by atoms with E-state index in [4.69, 9.17) is 28.5 Å². The monoisotopic (exact) mass is 387 g/mol. The third-order valence-corrected chi connectivity index (χ3v) is 4.88. The summed E-state index contributed by atoms with van der Waals surface area (Å²) in [6, 6.07) is 13.8. The van der Waals surface area contributed by atoms with Crippen molar-refractivity contribution in [3.8, 4) is 6.07 Å². The van der Waals surface area contributed by atoms with Gasteiger partial charge in [-0.2, -0.15) is 5.26 Å². The van der Waals surface area contributed by atoms with Crippen molar-refractivity contribution < 1.29 is 4.79 Å². The summed E-state index contributed by atoms with van der Waals surface area (Å²) in [6.45, 7) is 0. The molecule has 2 heterocycles. The molecule has 0 spiro atoms. The number of hydrogen-bond donors (Lipinski definition) is 1. The van der Waals surface area contributed by atoms with Crippen LogP contribution in [0.4, 0.5) is 0 Å². The van der Waals surface area contributed by atoms with E-state index in [1.165, 1.54) is 17.5 Å². The van der Waals surface area contributed by atoms with Gasteiger partial charge in [0.2, 0.25) is 0 Å². The van der Waals surface area contributed by atoms with Crippen LogP contribution in [0.1, 0.15) is 32.5 Å². The Hall–Kier alpha value is -2.39. The number of rotatable bonds is 4. The molecule has 1 unspecified atom stereocenters. The summed E-state index contributed by atoms with van der Waals surface area (Å²) in [5, 5.41) is 14.6. The van der Waals surface area contributed by atoms with Crippen molar-refractivity contribution in [2.45, 2.75) is 6.04 Å². The van der Waals surface area contributed by atoms with Crippen LogP contribution >= 0.6 is 34.5 Å². The van der Waals surface area contributed by atoms with Gasteiger partial charge in [0.1, 0.15) is 6.07 Å². The lowest BCUT2D eigenvalue weighted by Crippen LogP contribution is -2.29. The Kier molecular flexibility index (Phi) is 5.34. The highest BCUT2D eigenvalue weighted by molar-refractivity contribution is 7.12. The summed E-state index contributed by atoms with van der Waals surface area (Å²) < 4.78 is 0. The van der Waals surface area contributed by atoms with Crippen LogP contribution < -0.4 is 5.32 Å². The summed E-state index contributed by atoms with van der Waals surface area (Å²) in [5.74, 6) is -0.275. The maximum Gasteiger partial charge on any atom is 0.262 e. The molecule has 25 heavy (non-hydrogen) atoms. The number of carbonyl (C=O) groups is 1. The van der Waals surface area contributed by atoms with Crippen LogP contribution in [0.5, 0.6) is 0 Å². The quantitative estimate of drug-likeness (QED) is 0.696. The Morgan fingerprint density at radius 2 is 1.88 bits per heavy atom. The topological polar surface area (TPSA) is 65.8 Å². The van der Waals surface area contributed by atoms with E-state index in [0.29, 0.717) is 26.2 Å². The first-order valence-corrected chi connectivity index (χ1v) is 8.87. The summed E-state index contributed by atoms with van der Waals surface area (Å²) in [5.41, 5.74) is 1.95. The molecule has 0 aliphatic rings. The molecule has 3 aromatic rings. The van der Waals surface area contributed by atoms with Crippen molar-refractivity contribution in [1.82, 2.24) is 10.3 Å². The Balaban J connectivity index is 1.93. The first kappa shape index (κ1) is 17.4. The first-order valence-electron chi connectivity index (χ1n) is 7.23. The number of nitrogens with one attached hydrogen (secondary N) is 1. The molecule has 4 nitrogen and oxygen atoms in total. The fourth-order valence-corrected chi connectivity index (χ4v) is 3.23. The SMILES string of the molecule is N#Cc1csc(C(=O)NC(c2ccc(Cl)cc2)c2ccc(Cl)cn2)c1. The van der Waals surface area contributed by atoms with Crippen molar-refractivity contribution >= 4 is 40.4 Å². The van der Waals surface area contributed by atoms with E-state index in [2.05, 4.69) is 10.3 Å². The highest BCUT2D eigenvalue weighted by Gasteiger charge is 2.20. The largest absolute Gasteiger partial charge is 0.339 e. The van der Waals surface area contributed by atoms with Gasteiger partial charge in [0.25, 0.3) is 5.91 Å². The van der Waals surface area contributed by atoms with Crippen molar-refractivity contribution in [2.24, 2.45) is 0 Å². The number of nitrogens with zero attached hydrogens (tertiary/aromatic N) is 2. The molecule has 2 aromatic heterocycles. The lowest BCUT2D eigenvalue weighted by Gasteiger charge is -2.18. The average Bonchev–Trinajstić information content (AvgIpc) is 3.11. The molecule has 3 rings (SSSR count). The zero-order chi connectivity index (χ0) is 17.8. The highest BCUT2D eigenvalue weighted by atomic mass is 35.5. The van der Waals surface area contributed by atoms with Crippen LogP contribution in [-0.2, 0) is 0 Å². The van der Waals surface area contributed by atoms with Crippen LogP contribution in [-0.4, -0.2) is 10.9 Å². The molecule has 0 aliphatic heterocycles. The number of carbonyl (C=O) groups excluding carboxylic acids is 1. The minimum absolute atomic E-state index is 0.275. The molecular weight excluding hydrogens is 377 g/mol. The van der Waals surface area contributed by atoms with Gasteiger partial charge >= 0.3 is 0 Å². The van der Waals surface area contributed by atoms with Gasteiger partial charge < -0.3 is 5.32 Å². The number of hydrogen-bond acceptors (Lipinski definition) is 4. The molecule has 0 aliphatic carbocycles. The number of halogens is 2. The molecule has 0 saturated carbocycles. The van der Waals surface area contributed by atoms with Crippen LogP contribution in [0, 0.1) is 11.3 Å². The standard InChI is InChI=1S/C18H11Cl2N3OS/c19-13-3-1-12(2-4-13)17(15-6-5-14(20)9-22-15)23-18(24)16-7-11(8-21)10-25-16/h1-7,9-10,17H,(H,23,24). The molecule has 0 radical (unpaired) electrons. The molecule has 1 N–H and O–H groups in total. The Bertz CT molecular complexity index is 885. The summed E-state index contributed by atoms with van der Waals surface area (Å²) in [7, 11) is 0. The average molecular weight is 388 g/mol. The third kappa shape index (κ3) is 4.18. The second-order valence-electron chi connectivity index (χ2n) is 5.17. The predicted molar refractivity (Wildman–Crippen MR) is 99.0 cm³/mol. The highest BCUT2D eigenvalue weighted by Crippen LogP contribution is 2.24. The van der Waals surface area contributed by atoms with E-state index < -0.39 is 6.04 Å². The normalized spacial score (nSPS) is 11.6. The fraction of sp³-hybridized carbons (Fsp3) is 0.0556. The zero-order valence-corrected chi connectivity index (χ0v) is 15.1. The molecule has 124 valence electrons. The Morgan fingerprint density at radius 3 is 2.48 bits per heavy atom. The van der Waals surface area contributed by atoms with Gasteiger partial charge in [-0.05, 0) is 35.9 Å². The van der Waals surface area contributed by atoms with E-state index >= 15 is 0 Å². The number of pyridine rings is 1. The van der Waals surface area contributed by atoms with Gasteiger partial charge in [-0.3, -0.25) is 9.78 Å². The zero-order valence-electron chi connectivity index (χ0n) is 12.7. The molecule has 1 amide bonds. The van der Waals surface area contributed by atoms with Gasteiger partial charge in [0.15, 0.2) is 0 Å². The second-order valence-corrected chi connectivity index (χ2v) is 6.95. The van der Waals surface area contributed by atoms with Gasteiger partial charge in [0.05, 0.1) is 27.2 Å². The molecule has 1 aromatic carbocycles. The van der Waals surface area contributed by atoms with E-state index in [1.807, 2.05) is 18.2 Å². The fourth-order valence-electron chi connectivity index (χ4n) is 2.26. The molecule has 0 bridgehead atoms. The summed E-state index contributed by atoms with van der Waals surface area (Å²) >= 11 is 13.1. The third-order valence-electron chi connectivity index (χ3n) is 3.48. The second kappa shape index (κ2) is 7.66. The Labute approximate surface area is 158 Å². The maximum atomic E-state index is 12.6. The minimum Gasteiger partial charge on any atom is -0.339 e. The van der Waals surface area contributed by atoms with Crippen molar-refractivity contribution in [2.75, 3.05) is 0 Å². The number of thiophene rings is 1. The van der Waals surface area contributed by atoms with Gasteiger partial charge in [-0.25, -0.2) is 0 Å². The predicted octanol–water partition coefficient (Wildman–Crippen LogP) is 4.84. The smallest absolute Gasteiger partial charge is 0.262 e. The van der Waals surface area contributed by atoms with Gasteiger partial charge in [0, 0.05) is 16.6 Å². The van der Waals surface area contributed by atoms with E-state index in [9.17, 15) is 4.79 Å².